The molecule has 252 valence electrons. The number of pyridine rings is 2. The Balaban J connectivity index is 0.000000243. The van der Waals surface area contributed by atoms with Gasteiger partial charge in [-0.2, -0.15) is 0 Å². The number of hydrogen-bond acceptors (Lipinski definition) is 8. The summed E-state index contributed by atoms with van der Waals surface area (Å²) in [4.78, 5) is 51.5. The first-order valence-electron chi connectivity index (χ1n) is 14.6. The maximum Gasteiger partial charge on any atom is 2.00 e. The van der Waals surface area contributed by atoms with Crippen LogP contribution in [0.5, 0.6) is 0 Å². The second-order valence-corrected chi connectivity index (χ2v) is 12.2. The summed E-state index contributed by atoms with van der Waals surface area (Å²) in [7, 11) is 0. The molecule has 0 unspecified atom stereocenters. The van der Waals surface area contributed by atoms with Crippen LogP contribution in [-0.2, 0) is 19.5 Å². The molecule has 0 spiro atoms. The molecule has 6 rings (SSSR count). The van der Waals surface area contributed by atoms with Crippen molar-refractivity contribution < 1.29 is 48.9 Å². The van der Waals surface area contributed by atoms with Gasteiger partial charge in [-0.05, 0) is 129 Å². The van der Waals surface area contributed by atoms with E-state index in [4.69, 9.17) is 0 Å². The number of carboxylic acid groups (broad SMARTS) is 2. The molecule has 0 saturated carbocycles. The molecule has 13 heteroatoms. The van der Waals surface area contributed by atoms with Crippen LogP contribution in [0.4, 0.5) is 11.4 Å². The summed E-state index contributed by atoms with van der Waals surface area (Å²) in [6.07, 6.45) is 6.57. The second-order valence-electron chi connectivity index (χ2n) is 9.70. The molecule has 2 heterocycles. The van der Waals surface area contributed by atoms with E-state index in [0.717, 1.165) is 18.5 Å². The second kappa shape index (κ2) is 23.5. The minimum Gasteiger partial charge on any atom is -0.545 e. The Morgan fingerprint density at radius 3 is 0.980 bits per heavy atom. The van der Waals surface area contributed by atoms with Gasteiger partial charge in [0.15, 0.2) is 0 Å². The van der Waals surface area contributed by atoms with E-state index in [1.807, 2.05) is 24.3 Å². The van der Waals surface area contributed by atoms with Crippen molar-refractivity contribution in [3.63, 3.8) is 0 Å². The van der Waals surface area contributed by atoms with Gasteiger partial charge >= 0.3 is 19.5 Å². The number of hydrogen-bond donors (Lipinski definition) is 2. The third kappa shape index (κ3) is 16.6. The van der Waals surface area contributed by atoms with Crippen LogP contribution >= 0.6 is 45.2 Å². The number of benzene rings is 4. The van der Waals surface area contributed by atoms with Crippen LogP contribution in [0.2, 0.25) is 0 Å². The van der Waals surface area contributed by atoms with Gasteiger partial charge in [0.05, 0.1) is 11.9 Å². The number of nitrogens with one attached hydrogen (secondary N) is 2. The molecule has 6 aromatic rings. The molecule has 0 atom stereocenters. The Morgan fingerprint density at radius 1 is 0.431 bits per heavy atom. The maximum absolute atomic E-state index is 11.8. The number of amides is 2. The first kappa shape index (κ1) is 42.3. The summed E-state index contributed by atoms with van der Waals surface area (Å²) in [6.45, 7) is 0. The smallest absolute Gasteiger partial charge is 0.545 e. The van der Waals surface area contributed by atoms with Crippen LogP contribution in [0.3, 0.4) is 0 Å². The molecule has 0 fully saturated rings. The van der Waals surface area contributed by atoms with Crippen LogP contribution in [-0.4, -0.2) is 33.7 Å². The van der Waals surface area contributed by atoms with Crippen molar-refractivity contribution in [2.45, 2.75) is 0 Å². The summed E-state index contributed by atoms with van der Waals surface area (Å²) in [6, 6.07) is 38.0. The topological polar surface area (TPSA) is 164 Å². The molecule has 4 aromatic carbocycles. The van der Waals surface area contributed by atoms with Gasteiger partial charge in [-0.1, -0.05) is 60.7 Å². The summed E-state index contributed by atoms with van der Waals surface area (Å²) in [5.74, 6) is -2.48. The monoisotopic (exact) mass is 954 g/mol. The molecular weight excluding hydrogens is 928 g/mol. The normalized spacial score (nSPS) is 9.29. The van der Waals surface area contributed by atoms with Crippen LogP contribution in [0.25, 0.3) is 0 Å². The summed E-state index contributed by atoms with van der Waals surface area (Å²) < 4.78 is 2.22. The largest absolute Gasteiger partial charge is 2.00 e. The standard InChI is InChI=1S/2C12H9IN2O.2C7H6O2.Zn/c2*13-10-3-1-9(2-4-10)12(16)15-11-5-7-14-8-6-11;2*8-7(9)6-4-2-1-3-5-6;/h2*1-8H,(H,14,15,16);2*1-5H,(H,8,9);/q;;;;+2/p-2. The van der Waals surface area contributed by atoms with Gasteiger partial charge in [-0.15, -0.1) is 0 Å². The van der Waals surface area contributed by atoms with E-state index in [2.05, 4.69) is 65.8 Å². The van der Waals surface area contributed by atoms with E-state index in [-0.39, 0.29) is 42.4 Å². The van der Waals surface area contributed by atoms with Crippen molar-refractivity contribution in [3.05, 3.63) is 188 Å². The van der Waals surface area contributed by atoms with E-state index in [9.17, 15) is 29.4 Å². The molecule has 0 bridgehead atoms. The Bertz CT molecular complexity index is 1800. The average molecular weight is 956 g/mol. The third-order valence-electron chi connectivity index (χ3n) is 6.11. The molecule has 0 saturated heterocycles. The minimum atomic E-state index is -1.13. The molecule has 2 amide bonds. The van der Waals surface area contributed by atoms with Crippen LogP contribution in [0.1, 0.15) is 41.4 Å². The number of aromatic nitrogens is 2. The number of carbonyl (C=O) groups excluding carboxylic acids is 4. The molecule has 10 nitrogen and oxygen atoms in total. The summed E-state index contributed by atoms with van der Waals surface area (Å²) >= 11 is 4.41. The van der Waals surface area contributed by atoms with E-state index in [1.54, 1.807) is 110 Å². The number of aromatic carboxylic acids is 2. The summed E-state index contributed by atoms with van der Waals surface area (Å²) in [5, 5.41) is 25.8. The molecule has 0 aliphatic rings. The molecule has 0 radical (unpaired) electrons. The van der Waals surface area contributed by atoms with Crippen molar-refractivity contribution >= 4 is 80.3 Å². The van der Waals surface area contributed by atoms with Crippen LogP contribution in [0.15, 0.2) is 158 Å². The van der Waals surface area contributed by atoms with Gasteiger partial charge in [-0.3, -0.25) is 19.6 Å². The zero-order valence-corrected chi connectivity index (χ0v) is 34.1. The number of nitrogens with zero attached hydrogens (tertiary/aromatic N) is 2. The maximum atomic E-state index is 11.8. The Kier molecular flexibility index (Phi) is 19.5. The van der Waals surface area contributed by atoms with Crippen molar-refractivity contribution in [3.8, 4) is 0 Å². The van der Waals surface area contributed by atoms with E-state index in [0.29, 0.717) is 11.1 Å². The Morgan fingerprint density at radius 2 is 0.725 bits per heavy atom. The zero-order chi connectivity index (χ0) is 36.1. The van der Waals surface area contributed by atoms with Crippen molar-refractivity contribution in [2.24, 2.45) is 0 Å². The molecule has 2 N–H and O–H groups in total. The van der Waals surface area contributed by atoms with Gasteiger partial charge in [0, 0.05) is 54.4 Å². The van der Waals surface area contributed by atoms with Crippen molar-refractivity contribution in [1.29, 1.82) is 0 Å². The van der Waals surface area contributed by atoms with Gasteiger partial charge in [-0.25, -0.2) is 0 Å². The predicted octanol–water partition coefficient (Wildman–Crippen LogP) is 5.97. The number of carboxylic acids is 2. The van der Waals surface area contributed by atoms with E-state index >= 15 is 0 Å². The fourth-order valence-corrected chi connectivity index (χ4v) is 4.35. The fraction of sp³-hybridized carbons (Fsp3) is 0. The zero-order valence-electron chi connectivity index (χ0n) is 26.8. The van der Waals surface area contributed by atoms with Crippen molar-refractivity contribution in [1.82, 2.24) is 9.97 Å². The SMILES string of the molecule is O=C(Nc1ccncc1)c1ccc(I)cc1.O=C(Nc1ccncc1)c1ccc(I)cc1.O=C([O-])c1ccccc1.O=C([O-])c1ccccc1.[Zn+2]. The molecule has 51 heavy (non-hydrogen) atoms. The quantitative estimate of drug-likeness (QED) is 0.152. The number of carbonyl (C=O) groups is 4. The summed E-state index contributed by atoms with van der Waals surface area (Å²) in [5.41, 5.74) is 3.24. The first-order valence-corrected chi connectivity index (χ1v) is 16.7. The van der Waals surface area contributed by atoms with Crippen LogP contribution in [0, 0.1) is 7.14 Å². The van der Waals surface area contributed by atoms with Gasteiger partial charge in [0.25, 0.3) is 11.8 Å². The molecule has 0 aliphatic heterocycles. The average Bonchev–Trinajstić information content (AvgIpc) is 3.14. The minimum absolute atomic E-state index is 0. The van der Waals surface area contributed by atoms with Crippen molar-refractivity contribution in [2.75, 3.05) is 10.6 Å². The predicted molar refractivity (Wildman–Crippen MR) is 204 cm³/mol. The third-order valence-corrected chi connectivity index (χ3v) is 7.55. The Labute approximate surface area is 334 Å². The Hall–Kier alpha value is -4.86. The van der Waals surface area contributed by atoms with Gasteiger partial charge in [0.1, 0.15) is 0 Å². The van der Waals surface area contributed by atoms with E-state index < -0.39 is 11.9 Å². The first-order chi connectivity index (χ1) is 24.1. The molecule has 2 aromatic heterocycles. The van der Waals surface area contributed by atoms with Gasteiger partial charge in [0.2, 0.25) is 0 Å². The van der Waals surface area contributed by atoms with Crippen LogP contribution < -0.4 is 20.8 Å². The van der Waals surface area contributed by atoms with E-state index in [1.165, 1.54) is 24.3 Å². The van der Waals surface area contributed by atoms with Gasteiger partial charge < -0.3 is 30.4 Å². The molecule has 0 aliphatic carbocycles. The molecular formula is C38H28I2N4O6Zn. The fourth-order valence-electron chi connectivity index (χ4n) is 3.63. The number of anilines is 2. The number of halogens is 2. The number of rotatable bonds is 6.